The number of rotatable bonds is 6. The van der Waals surface area contributed by atoms with E-state index in [9.17, 15) is 0 Å². The van der Waals surface area contributed by atoms with Gasteiger partial charge in [-0.15, -0.1) is 0 Å². The van der Waals surface area contributed by atoms with Gasteiger partial charge in [0.15, 0.2) is 0 Å². The Morgan fingerprint density at radius 2 is 1.26 bits per heavy atom. The van der Waals surface area contributed by atoms with Crippen molar-refractivity contribution in [3.05, 3.63) is 83.4 Å². The summed E-state index contributed by atoms with van der Waals surface area (Å²) in [4.78, 5) is 0. The van der Waals surface area contributed by atoms with Crippen LogP contribution >= 0.6 is 8.60 Å². The lowest BCUT2D eigenvalue weighted by Crippen LogP contribution is -2.19. The molecule has 1 unspecified atom stereocenters. The second-order valence-electron chi connectivity index (χ2n) is 15.1. The van der Waals surface area contributed by atoms with Crippen LogP contribution in [0, 0.1) is 0 Å². The molecule has 0 heterocycles. The molecule has 1 saturated carbocycles. The number of fused-ring (bicyclic) bond motifs is 2. The van der Waals surface area contributed by atoms with Crippen molar-refractivity contribution in [3.8, 4) is 11.5 Å². The Balaban J connectivity index is 1.60. The molecule has 42 heavy (non-hydrogen) atoms. The van der Waals surface area contributed by atoms with E-state index in [1.807, 2.05) is 6.07 Å². The molecule has 1 fully saturated rings. The first-order chi connectivity index (χ1) is 19.7. The maximum absolute atomic E-state index is 6.88. The SMILES string of the molecule is CC(C)(C)c1cc(C(C)(C)C)c2cc(OP(Oc3ccc4ccccc4c3)OC3CCCCC3)c(C(C)(C)C)cc2c1. The van der Waals surface area contributed by atoms with E-state index in [-0.39, 0.29) is 22.3 Å². The minimum Gasteiger partial charge on any atom is -0.418 e. The van der Waals surface area contributed by atoms with Crippen LogP contribution in [0.2, 0.25) is 0 Å². The van der Waals surface area contributed by atoms with Crippen molar-refractivity contribution in [1.82, 2.24) is 0 Å². The van der Waals surface area contributed by atoms with Crippen molar-refractivity contribution < 1.29 is 13.6 Å². The van der Waals surface area contributed by atoms with E-state index < -0.39 is 8.60 Å². The Labute approximate surface area is 255 Å². The van der Waals surface area contributed by atoms with Crippen LogP contribution in [-0.2, 0) is 20.8 Å². The molecular weight excluding hydrogens is 535 g/mol. The van der Waals surface area contributed by atoms with E-state index in [0.29, 0.717) is 0 Å². The van der Waals surface area contributed by atoms with Crippen molar-refractivity contribution in [2.24, 2.45) is 0 Å². The van der Waals surface area contributed by atoms with E-state index in [1.54, 1.807) is 0 Å². The highest BCUT2D eigenvalue weighted by Gasteiger charge is 2.30. The second-order valence-corrected chi connectivity index (χ2v) is 16.1. The fraction of sp³-hybridized carbons (Fsp3) is 0.474. The Bertz CT molecular complexity index is 1550. The number of benzene rings is 4. The Morgan fingerprint density at radius 1 is 0.595 bits per heavy atom. The summed E-state index contributed by atoms with van der Waals surface area (Å²) in [6.45, 7) is 20.6. The van der Waals surface area contributed by atoms with Crippen LogP contribution in [-0.4, -0.2) is 6.10 Å². The highest BCUT2D eigenvalue weighted by atomic mass is 31.2. The molecular formula is C38H49O3P. The lowest BCUT2D eigenvalue weighted by molar-refractivity contribution is 0.138. The summed E-state index contributed by atoms with van der Waals surface area (Å²) in [5.41, 5.74) is 3.77. The molecule has 4 aromatic rings. The van der Waals surface area contributed by atoms with Gasteiger partial charge < -0.3 is 9.05 Å². The molecule has 1 atom stereocenters. The molecule has 0 N–H and O–H groups in total. The van der Waals surface area contributed by atoms with Crippen LogP contribution in [0.5, 0.6) is 11.5 Å². The highest BCUT2D eigenvalue weighted by Crippen LogP contribution is 2.49. The van der Waals surface area contributed by atoms with Gasteiger partial charge in [-0.05, 0) is 86.0 Å². The van der Waals surface area contributed by atoms with E-state index in [4.69, 9.17) is 13.6 Å². The van der Waals surface area contributed by atoms with E-state index in [2.05, 4.69) is 123 Å². The average molecular weight is 585 g/mol. The zero-order chi connectivity index (χ0) is 30.3. The topological polar surface area (TPSA) is 27.7 Å². The summed E-state index contributed by atoms with van der Waals surface area (Å²) in [7, 11) is -1.67. The smallest absolute Gasteiger partial charge is 0.418 e. The van der Waals surface area contributed by atoms with Gasteiger partial charge in [-0.25, -0.2) is 0 Å². The lowest BCUT2D eigenvalue weighted by atomic mass is 9.76. The van der Waals surface area contributed by atoms with E-state index in [0.717, 1.165) is 29.7 Å². The largest absolute Gasteiger partial charge is 0.463 e. The first kappa shape index (κ1) is 30.8. The zero-order valence-corrected chi connectivity index (χ0v) is 28.0. The van der Waals surface area contributed by atoms with Gasteiger partial charge in [0.1, 0.15) is 11.5 Å². The molecule has 0 aromatic heterocycles. The Kier molecular flexibility index (Phi) is 8.68. The molecule has 224 valence electrons. The number of hydrogen-bond acceptors (Lipinski definition) is 3. The fourth-order valence-corrected chi connectivity index (χ4v) is 7.03. The Hall–Kier alpha value is -2.61. The third-order valence-corrected chi connectivity index (χ3v) is 9.57. The van der Waals surface area contributed by atoms with E-state index >= 15 is 0 Å². The van der Waals surface area contributed by atoms with Crippen molar-refractivity contribution in [2.45, 2.75) is 117 Å². The molecule has 5 rings (SSSR count). The summed E-state index contributed by atoms with van der Waals surface area (Å²) in [6, 6.07) is 24.0. The van der Waals surface area contributed by atoms with Crippen molar-refractivity contribution >= 4 is 30.1 Å². The van der Waals surface area contributed by atoms with Crippen LogP contribution in [0.3, 0.4) is 0 Å². The normalized spacial score (nSPS) is 16.1. The van der Waals surface area contributed by atoms with Crippen LogP contribution in [0.25, 0.3) is 21.5 Å². The molecule has 1 aliphatic rings. The maximum Gasteiger partial charge on any atom is 0.463 e. The van der Waals surface area contributed by atoms with Gasteiger partial charge in [-0.3, -0.25) is 4.52 Å². The molecule has 3 nitrogen and oxygen atoms in total. The summed E-state index contributed by atoms with van der Waals surface area (Å²) < 4.78 is 20.1. The van der Waals surface area contributed by atoms with Crippen molar-refractivity contribution in [1.29, 1.82) is 0 Å². The summed E-state index contributed by atoms with van der Waals surface area (Å²) in [6.07, 6.45) is 5.92. The quantitative estimate of drug-likeness (QED) is 0.211. The highest BCUT2D eigenvalue weighted by molar-refractivity contribution is 7.42. The third kappa shape index (κ3) is 7.12. The van der Waals surface area contributed by atoms with Gasteiger partial charge in [0.2, 0.25) is 0 Å². The molecule has 0 amide bonds. The average Bonchev–Trinajstić information content (AvgIpc) is 2.91. The van der Waals surface area contributed by atoms with Crippen molar-refractivity contribution in [3.63, 3.8) is 0 Å². The van der Waals surface area contributed by atoms with Crippen LogP contribution in [0.4, 0.5) is 0 Å². The van der Waals surface area contributed by atoms with Gasteiger partial charge in [0.05, 0.1) is 6.10 Å². The summed E-state index contributed by atoms with van der Waals surface area (Å²) >= 11 is 0. The first-order valence-electron chi connectivity index (χ1n) is 15.6. The Morgan fingerprint density at radius 3 is 1.90 bits per heavy atom. The maximum atomic E-state index is 6.88. The van der Waals surface area contributed by atoms with Crippen LogP contribution in [0.1, 0.15) is 111 Å². The molecule has 0 aliphatic heterocycles. The lowest BCUT2D eigenvalue weighted by Gasteiger charge is -2.30. The van der Waals surface area contributed by atoms with Gasteiger partial charge in [0, 0.05) is 5.56 Å². The van der Waals surface area contributed by atoms with Gasteiger partial charge in [0.25, 0.3) is 0 Å². The van der Waals surface area contributed by atoms with Crippen molar-refractivity contribution in [2.75, 3.05) is 0 Å². The molecule has 0 bridgehead atoms. The molecule has 0 saturated heterocycles. The standard InChI is InChI=1S/C38H49O3P/c1-36(2,3)29-21-28-23-34(38(7,8)9)35(25-32(28)33(24-29)37(4,5)6)41-42(39-30-17-11-10-12-18-30)40-31-20-19-26-15-13-14-16-27(26)22-31/h13-16,19-25,30H,10-12,17-18H2,1-9H3. The van der Waals surface area contributed by atoms with Gasteiger partial charge >= 0.3 is 8.60 Å². The molecule has 4 heteroatoms. The second kappa shape index (κ2) is 11.8. The molecule has 1 aliphatic carbocycles. The van der Waals surface area contributed by atoms with Gasteiger partial charge in [-0.2, -0.15) is 0 Å². The minimum absolute atomic E-state index is 0.0229. The number of hydrogen-bond donors (Lipinski definition) is 0. The fourth-order valence-electron chi connectivity index (χ4n) is 5.85. The zero-order valence-electron chi connectivity index (χ0n) is 27.1. The van der Waals surface area contributed by atoms with Crippen LogP contribution in [0.15, 0.2) is 66.7 Å². The molecule has 4 aromatic carbocycles. The molecule has 0 spiro atoms. The third-order valence-electron chi connectivity index (χ3n) is 8.40. The first-order valence-corrected chi connectivity index (χ1v) is 16.7. The minimum atomic E-state index is -1.67. The molecule has 0 radical (unpaired) electrons. The predicted octanol–water partition coefficient (Wildman–Crippen LogP) is 11.9. The monoisotopic (exact) mass is 584 g/mol. The van der Waals surface area contributed by atoms with Gasteiger partial charge in [-0.1, -0.05) is 124 Å². The summed E-state index contributed by atoms with van der Waals surface area (Å²) in [5.74, 6) is 1.63. The summed E-state index contributed by atoms with van der Waals surface area (Å²) in [5, 5.41) is 4.83. The van der Waals surface area contributed by atoms with Crippen LogP contribution < -0.4 is 9.05 Å². The predicted molar refractivity (Wildman–Crippen MR) is 180 cm³/mol. The van der Waals surface area contributed by atoms with E-state index in [1.165, 1.54) is 52.1 Å².